The van der Waals surface area contributed by atoms with Crippen LogP contribution in [-0.2, 0) is 18.6 Å². The molecule has 0 saturated heterocycles. The van der Waals surface area contributed by atoms with E-state index in [0.717, 1.165) is 9.52 Å². The molecule has 0 spiro atoms. The van der Waals surface area contributed by atoms with Crippen molar-refractivity contribution in [1.29, 1.82) is 0 Å². The quantitative estimate of drug-likeness (QED) is 0.440. The van der Waals surface area contributed by atoms with Crippen LogP contribution in [0.3, 0.4) is 0 Å². The Labute approximate surface area is 129 Å². The van der Waals surface area contributed by atoms with Crippen molar-refractivity contribution in [2.75, 3.05) is 0 Å². The Bertz CT molecular complexity index is 269. The Hall–Kier alpha value is 0.241. The Kier molecular flexibility index (Phi) is 14.4. The van der Waals surface area contributed by atoms with Crippen LogP contribution in [0.15, 0.2) is 16.7 Å². The first-order valence-electron chi connectivity index (χ1n) is 6.31. The average Bonchev–Trinajstić information content (AvgIpc) is 2.32. The molecule has 1 nitrogen and oxygen atoms in total. The largest absolute Gasteiger partial charge is 2.00 e. The van der Waals surface area contributed by atoms with E-state index in [4.69, 9.17) is 5.73 Å². The molecule has 0 fully saturated rings. The SMILES string of the molecule is CC(C)(C)[NH-].CC1=[C-]C(C)C(C)=C1C.C[SiH]C.[V+2]. The van der Waals surface area contributed by atoms with Gasteiger partial charge in [-0.2, -0.15) is 11.1 Å². The van der Waals surface area contributed by atoms with Crippen LogP contribution in [0.4, 0.5) is 0 Å². The van der Waals surface area contributed by atoms with E-state index in [9.17, 15) is 0 Å². The van der Waals surface area contributed by atoms with Crippen LogP contribution < -0.4 is 0 Å². The molecule has 0 aliphatic heterocycles. The summed E-state index contributed by atoms with van der Waals surface area (Å²) in [4.78, 5) is 0. The van der Waals surface area contributed by atoms with Crippen molar-refractivity contribution in [2.45, 2.75) is 67.1 Å². The third-order valence-electron chi connectivity index (χ3n) is 2.24. The van der Waals surface area contributed by atoms with Crippen molar-refractivity contribution in [3.8, 4) is 0 Å². The number of hydrogen-bond acceptors (Lipinski definition) is 0. The molecule has 0 heterocycles. The molecular weight excluding hydrogens is 273 g/mol. The third-order valence-corrected chi connectivity index (χ3v) is 2.24. The molecule has 0 aromatic carbocycles. The maximum absolute atomic E-state index is 6.94. The Balaban J connectivity index is -0.000000216. The topological polar surface area (TPSA) is 23.8 Å². The van der Waals surface area contributed by atoms with E-state index >= 15 is 0 Å². The van der Waals surface area contributed by atoms with Crippen LogP contribution in [0.2, 0.25) is 13.1 Å². The molecule has 104 valence electrons. The predicted octanol–water partition coefficient (Wildman–Crippen LogP) is 5.08. The van der Waals surface area contributed by atoms with E-state index < -0.39 is 0 Å². The first-order valence-corrected chi connectivity index (χ1v) is 8.62. The minimum absolute atomic E-state index is 0. The van der Waals surface area contributed by atoms with E-state index in [-0.39, 0.29) is 24.1 Å². The third kappa shape index (κ3) is 14.3. The summed E-state index contributed by atoms with van der Waals surface area (Å²) < 4.78 is 0. The van der Waals surface area contributed by atoms with E-state index in [0.29, 0.717) is 5.92 Å². The minimum atomic E-state index is -0.250. The van der Waals surface area contributed by atoms with Gasteiger partial charge in [-0.05, 0) is 0 Å². The summed E-state index contributed by atoms with van der Waals surface area (Å²) in [6.45, 7) is 18.6. The van der Waals surface area contributed by atoms with Gasteiger partial charge in [0.1, 0.15) is 0 Å². The summed E-state index contributed by atoms with van der Waals surface area (Å²) in [7, 11) is 0.750. The van der Waals surface area contributed by atoms with E-state index in [1.54, 1.807) is 0 Å². The second-order valence-corrected chi connectivity index (χ2v) is 6.78. The van der Waals surface area contributed by atoms with Gasteiger partial charge in [-0.3, -0.25) is 6.08 Å². The maximum atomic E-state index is 6.94. The van der Waals surface area contributed by atoms with Gasteiger partial charge in [0, 0.05) is 9.52 Å². The number of allylic oxidation sites excluding steroid dienone is 4. The number of hydrogen-bond donors (Lipinski definition) is 0. The average molecular weight is 303 g/mol. The Morgan fingerprint density at radius 2 is 1.39 bits per heavy atom. The van der Waals surface area contributed by atoms with Crippen LogP contribution in [0, 0.1) is 12.0 Å². The van der Waals surface area contributed by atoms with Gasteiger partial charge in [0.15, 0.2) is 0 Å². The first kappa shape index (κ1) is 23.3. The molecule has 0 bridgehead atoms. The van der Waals surface area contributed by atoms with Crippen molar-refractivity contribution in [3.05, 3.63) is 28.5 Å². The molecule has 0 saturated carbocycles. The van der Waals surface area contributed by atoms with Crippen LogP contribution in [0.1, 0.15) is 48.5 Å². The van der Waals surface area contributed by atoms with Gasteiger partial charge >= 0.3 is 18.6 Å². The molecule has 1 unspecified atom stereocenters. The van der Waals surface area contributed by atoms with Gasteiger partial charge in [0.05, 0.1) is 0 Å². The zero-order chi connectivity index (χ0) is 14.2. The molecule has 0 amide bonds. The summed E-state index contributed by atoms with van der Waals surface area (Å²) in [5.74, 6) is 0.560. The van der Waals surface area contributed by atoms with Crippen molar-refractivity contribution in [1.82, 2.24) is 0 Å². The summed E-state index contributed by atoms with van der Waals surface area (Å²) in [5.41, 5.74) is 10.9. The van der Waals surface area contributed by atoms with Crippen molar-refractivity contribution < 1.29 is 18.6 Å². The summed E-state index contributed by atoms with van der Waals surface area (Å²) >= 11 is 0. The zero-order valence-corrected chi connectivity index (χ0v) is 16.2. The molecule has 2 radical (unpaired) electrons. The Morgan fingerprint density at radius 1 is 1.11 bits per heavy atom. The standard InChI is InChI=1S/C9H13.C4H10N.C2H7Si.V/c1-6-5-7(2)9(4)8(6)3;1-4(2,3)5;1-3-2;/h6H,1-4H3;5H,1-3H3;3H,1-2H3;/q2*-1;;+2. The molecular formula is C15H30NSiV. The second-order valence-electron chi connectivity index (χ2n) is 5.63. The fourth-order valence-electron chi connectivity index (χ4n) is 1.16. The summed E-state index contributed by atoms with van der Waals surface area (Å²) in [5, 5.41) is 0. The second kappa shape index (κ2) is 11.1. The van der Waals surface area contributed by atoms with Crippen molar-refractivity contribution >= 4 is 9.52 Å². The molecule has 3 heteroatoms. The van der Waals surface area contributed by atoms with E-state index in [2.05, 4.69) is 46.9 Å². The molecule has 18 heavy (non-hydrogen) atoms. The van der Waals surface area contributed by atoms with Gasteiger partial charge in [0.25, 0.3) is 0 Å². The normalized spacial score (nSPS) is 17.9. The van der Waals surface area contributed by atoms with Gasteiger partial charge in [-0.15, -0.1) is 12.5 Å². The number of rotatable bonds is 0. The van der Waals surface area contributed by atoms with E-state index in [1.807, 2.05) is 20.8 Å². The number of nitrogens with one attached hydrogen (secondary N) is 1. The van der Waals surface area contributed by atoms with Gasteiger partial charge < -0.3 is 5.73 Å². The minimum Gasteiger partial charge on any atom is -0.673 e. The first-order chi connectivity index (χ1) is 7.54. The van der Waals surface area contributed by atoms with Crippen molar-refractivity contribution in [3.63, 3.8) is 0 Å². The van der Waals surface area contributed by atoms with Gasteiger partial charge in [0.2, 0.25) is 0 Å². The fourth-order valence-corrected chi connectivity index (χ4v) is 1.16. The van der Waals surface area contributed by atoms with Gasteiger partial charge in [-0.25, -0.2) is 5.57 Å². The Morgan fingerprint density at radius 3 is 1.44 bits per heavy atom. The van der Waals surface area contributed by atoms with E-state index in [1.165, 1.54) is 16.7 Å². The van der Waals surface area contributed by atoms with Crippen molar-refractivity contribution in [2.24, 2.45) is 5.92 Å². The monoisotopic (exact) mass is 303 g/mol. The molecule has 1 aliphatic carbocycles. The van der Waals surface area contributed by atoms with Crippen LogP contribution >= 0.6 is 0 Å². The smallest absolute Gasteiger partial charge is 0.673 e. The molecule has 1 atom stereocenters. The molecule has 1 N–H and O–H groups in total. The van der Waals surface area contributed by atoms with Crippen LogP contribution in [0.25, 0.3) is 5.73 Å². The molecule has 1 aliphatic rings. The van der Waals surface area contributed by atoms with Crippen LogP contribution in [-0.4, -0.2) is 15.1 Å². The summed E-state index contributed by atoms with van der Waals surface area (Å²) in [6.07, 6.45) is 3.36. The molecule has 0 aromatic heterocycles. The van der Waals surface area contributed by atoms with Crippen LogP contribution in [0.5, 0.6) is 0 Å². The molecule has 0 aromatic rings. The fraction of sp³-hybridized carbons (Fsp3) is 0.733. The summed E-state index contributed by atoms with van der Waals surface area (Å²) in [6, 6.07) is 0. The van der Waals surface area contributed by atoms with Gasteiger partial charge in [-0.1, -0.05) is 60.6 Å². The zero-order valence-electron chi connectivity index (χ0n) is 13.6. The maximum Gasteiger partial charge on any atom is 2.00 e. The molecule has 1 rings (SSSR count). The predicted molar refractivity (Wildman–Crippen MR) is 82.9 cm³/mol.